The quantitative estimate of drug-likeness (QED) is 0.644. The van der Waals surface area contributed by atoms with Crippen molar-refractivity contribution in [2.24, 2.45) is 0 Å². The zero-order valence-corrected chi connectivity index (χ0v) is 17.2. The first-order valence-electron chi connectivity index (χ1n) is 9.72. The summed E-state index contributed by atoms with van der Waals surface area (Å²) in [6.07, 6.45) is 0.429. The first-order valence-corrected chi connectivity index (χ1v) is 10.1. The number of hydrogen-bond donors (Lipinski definition) is 1. The SMILES string of the molecule is O=C(NCCc1ccccc1)Oc1noc2c1CN(C(=O)c1ccc(F)c(Cl)c1)CC2. The molecule has 0 aliphatic carbocycles. The molecule has 2 amide bonds. The third-order valence-corrected chi connectivity index (χ3v) is 5.25. The number of amides is 2. The summed E-state index contributed by atoms with van der Waals surface area (Å²) in [7, 11) is 0. The van der Waals surface area contributed by atoms with Crippen LogP contribution in [0.2, 0.25) is 5.02 Å². The second-order valence-corrected chi connectivity index (χ2v) is 7.45. The molecule has 3 aromatic rings. The molecule has 1 aliphatic heterocycles. The Morgan fingerprint density at radius 2 is 2.03 bits per heavy atom. The molecule has 0 spiro atoms. The van der Waals surface area contributed by atoms with Crippen molar-refractivity contribution in [3.63, 3.8) is 0 Å². The van der Waals surface area contributed by atoms with E-state index in [4.69, 9.17) is 20.9 Å². The fraction of sp³-hybridized carbons (Fsp3) is 0.227. The lowest BCUT2D eigenvalue weighted by molar-refractivity contribution is 0.0728. The number of carbonyl (C=O) groups is 2. The lowest BCUT2D eigenvalue weighted by Crippen LogP contribution is -2.36. The van der Waals surface area contributed by atoms with E-state index >= 15 is 0 Å². The number of fused-ring (bicyclic) bond motifs is 1. The highest BCUT2D eigenvalue weighted by molar-refractivity contribution is 6.31. The maximum atomic E-state index is 13.4. The molecule has 160 valence electrons. The van der Waals surface area contributed by atoms with E-state index in [0.29, 0.717) is 37.3 Å². The maximum Gasteiger partial charge on any atom is 0.414 e. The number of carbonyl (C=O) groups excluding carboxylic acids is 2. The van der Waals surface area contributed by atoms with Gasteiger partial charge in [-0.25, -0.2) is 9.18 Å². The van der Waals surface area contributed by atoms with Gasteiger partial charge in [-0.15, -0.1) is 0 Å². The Bertz CT molecular complexity index is 1100. The van der Waals surface area contributed by atoms with Crippen LogP contribution in [0.25, 0.3) is 0 Å². The van der Waals surface area contributed by atoms with Crippen LogP contribution in [-0.4, -0.2) is 35.1 Å². The summed E-state index contributed by atoms with van der Waals surface area (Å²) in [5.74, 6) is -0.311. The molecule has 7 nitrogen and oxygen atoms in total. The number of aromatic nitrogens is 1. The molecular formula is C22H19ClFN3O4. The third-order valence-electron chi connectivity index (χ3n) is 4.96. The molecule has 0 atom stereocenters. The van der Waals surface area contributed by atoms with Gasteiger partial charge < -0.3 is 19.5 Å². The number of halogens is 2. The molecule has 0 saturated heterocycles. The van der Waals surface area contributed by atoms with Gasteiger partial charge in [0.1, 0.15) is 11.6 Å². The van der Waals surface area contributed by atoms with Gasteiger partial charge in [0.15, 0.2) is 0 Å². The van der Waals surface area contributed by atoms with Gasteiger partial charge in [0.2, 0.25) is 0 Å². The largest absolute Gasteiger partial charge is 0.414 e. The van der Waals surface area contributed by atoms with Crippen LogP contribution in [0.15, 0.2) is 53.1 Å². The number of hydrogen-bond acceptors (Lipinski definition) is 5. The Balaban J connectivity index is 1.37. The molecule has 2 heterocycles. The maximum absolute atomic E-state index is 13.4. The molecule has 0 fully saturated rings. The molecule has 1 aromatic heterocycles. The number of ether oxygens (including phenoxy) is 1. The van der Waals surface area contributed by atoms with Crippen molar-refractivity contribution >= 4 is 23.6 Å². The minimum atomic E-state index is -0.652. The van der Waals surface area contributed by atoms with Crippen LogP contribution < -0.4 is 10.1 Å². The average molecular weight is 444 g/mol. The normalized spacial score (nSPS) is 12.9. The van der Waals surface area contributed by atoms with Crippen LogP contribution in [0.1, 0.15) is 27.2 Å². The Kier molecular flexibility index (Phi) is 6.18. The first-order chi connectivity index (χ1) is 15.0. The summed E-state index contributed by atoms with van der Waals surface area (Å²) >= 11 is 5.79. The van der Waals surface area contributed by atoms with Crippen LogP contribution in [0.4, 0.5) is 9.18 Å². The van der Waals surface area contributed by atoms with Crippen molar-refractivity contribution in [1.82, 2.24) is 15.4 Å². The topological polar surface area (TPSA) is 84.7 Å². The van der Waals surface area contributed by atoms with E-state index in [1.54, 1.807) is 4.90 Å². The number of rotatable bonds is 5. The molecule has 4 rings (SSSR count). The fourth-order valence-corrected chi connectivity index (χ4v) is 3.51. The highest BCUT2D eigenvalue weighted by Gasteiger charge is 2.29. The Morgan fingerprint density at radius 1 is 1.23 bits per heavy atom. The molecule has 0 bridgehead atoms. The summed E-state index contributed by atoms with van der Waals surface area (Å²) in [6, 6.07) is 13.6. The minimum Gasteiger partial charge on any atom is -0.387 e. The van der Waals surface area contributed by atoms with Gasteiger partial charge in [0.25, 0.3) is 11.8 Å². The average Bonchev–Trinajstić information content (AvgIpc) is 3.18. The molecule has 0 radical (unpaired) electrons. The lowest BCUT2D eigenvalue weighted by Gasteiger charge is -2.26. The van der Waals surface area contributed by atoms with Crippen molar-refractivity contribution in [2.45, 2.75) is 19.4 Å². The van der Waals surface area contributed by atoms with E-state index in [1.807, 2.05) is 30.3 Å². The Hall–Kier alpha value is -3.39. The molecule has 0 unspecified atom stereocenters. The Labute approximate surface area is 182 Å². The van der Waals surface area contributed by atoms with Crippen molar-refractivity contribution in [3.8, 4) is 5.88 Å². The summed E-state index contributed by atoms with van der Waals surface area (Å²) in [5.41, 5.74) is 1.90. The van der Waals surface area contributed by atoms with Gasteiger partial charge in [-0.2, -0.15) is 0 Å². The van der Waals surface area contributed by atoms with Gasteiger partial charge in [0.05, 0.1) is 17.1 Å². The fourth-order valence-electron chi connectivity index (χ4n) is 3.33. The molecular weight excluding hydrogens is 425 g/mol. The van der Waals surface area contributed by atoms with Gasteiger partial charge >= 0.3 is 6.09 Å². The lowest BCUT2D eigenvalue weighted by atomic mass is 10.1. The number of benzene rings is 2. The highest BCUT2D eigenvalue weighted by atomic mass is 35.5. The molecule has 1 N–H and O–H groups in total. The monoisotopic (exact) mass is 443 g/mol. The second-order valence-electron chi connectivity index (χ2n) is 7.05. The molecule has 1 aliphatic rings. The zero-order chi connectivity index (χ0) is 21.8. The van der Waals surface area contributed by atoms with E-state index in [9.17, 15) is 14.0 Å². The van der Waals surface area contributed by atoms with E-state index in [0.717, 1.165) is 11.6 Å². The van der Waals surface area contributed by atoms with Crippen molar-refractivity contribution in [3.05, 3.63) is 81.8 Å². The van der Waals surface area contributed by atoms with Gasteiger partial charge in [-0.1, -0.05) is 41.9 Å². The predicted molar refractivity (Wildman–Crippen MR) is 111 cm³/mol. The van der Waals surface area contributed by atoms with Crippen LogP contribution in [-0.2, 0) is 19.4 Å². The van der Waals surface area contributed by atoms with Crippen molar-refractivity contribution in [2.75, 3.05) is 13.1 Å². The summed E-state index contributed by atoms with van der Waals surface area (Å²) < 4.78 is 23.9. The van der Waals surface area contributed by atoms with E-state index < -0.39 is 11.9 Å². The van der Waals surface area contributed by atoms with Crippen LogP contribution in [0.5, 0.6) is 5.88 Å². The smallest absolute Gasteiger partial charge is 0.387 e. The first kappa shape index (κ1) is 20.9. The minimum absolute atomic E-state index is 0.0295. The van der Waals surface area contributed by atoms with Gasteiger partial charge in [-0.05, 0) is 35.3 Å². The van der Waals surface area contributed by atoms with E-state index in [2.05, 4.69) is 10.5 Å². The van der Waals surface area contributed by atoms with Gasteiger partial charge in [-0.3, -0.25) is 4.79 Å². The summed E-state index contributed by atoms with van der Waals surface area (Å²) in [4.78, 5) is 26.5. The molecule has 0 saturated carbocycles. The van der Waals surface area contributed by atoms with Gasteiger partial charge in [0, 0.05) is 25.1 Å². The van der Waals surface area contributed by atoms with Crippen molar-refractivity contribution in [1.29, 1.82) is 0 Å². The van der Waals surface area contributed by atoms with Crippen LogP contribution >= 0.6 is 11.6 Å². The molecule has 31 heavy (non-hydrogen) atoms. The predicted octanol–water partition coefficient (Wildman–Crippen LogP) is 4.00. The second kappa shape index (κ2) is 9.18. The van der Waals surface area contributed by atoms with E-state index in [-0.39, 0.29) is 28.9 Å². The molecule has 9 heteroatoms. The molecule has 2 aromatic carbocycles. The highest BCUT2D eigenvalue weighted by Crippen LogP contribution is 2.29. The summed E-state index contributed by atoms with van der Waals surface area (Å²) in [6.45, 7) is 0.941. The zero-order valence-electron chi connectivity index (χ0n) is 16.4. The standard InChI is InChI=1S/C22H19ClFN3O4/c23-17-12-15(6-7-18(17)24)21(28)27-11-9-19-16(13-27)20(26-31-19)30-22(29)25-10-8-14-4-2-1-3-5-14/h1-7,12H,8-11,13H2,(H,25,29). The number of nitrogens with zero attached hydrogens (tertiary/aromatic N) is 2. The third kappa shape index (κ3) is 4.86. The Morgan fingerprint density at radius 3 is 2.81 bits per heavy atom. The van der Waals surface area contributed by atoms with Crippen LogP contribution in [0, 0.1) is 5.82 Å². The van der Waals surface area contributed by atoms with E-state index in [1.165, 1.54) is 12.1 Å². The number of nitrogens with one attached hydrogen (secondary N) is 1. The summed E-state index contributed by atoms with van der Waals surface area (Å²) in [5, 5.41) is 6.38. The van der Waals surface area contributed by atoms with Crippen LogP contribution in [0.3, 0.4) is 0 Å². The van der Waals surface area contributed by atoms with Crippen molar-refractivity contribution < 1.29 is 23.2 Å².